The fourth-order valence-electron chi connectivity index (χ4n) is 2.57. The molecule has 1 fully saturated rings. The van der Waals surface area contributed by atoms with Gasteiger partial charge in [-0.1, -0.05) is 30.3 Å². The predicted molar refractivity (Wildman–Crippen MR) is 74.1 cm³/mol. The molecule has 104 valence electrons. The van der Waals surface area contributed by atoms with Gasteiger partial charge in [-0.3, -0.25) is 4.79 Å². The van der Waals surface area contributed by atoms with Crippen molar-refractivity contribution in [2.75, 3.05) is 26.7 Å². The van der Waals surface area contributed by atoms with Crippen molar-refractivity contribution in [1.29, 1.82) is 0 Å². The lowest BCUT2D eigenvalue weighted by Gasteiger charge is -2.40. The molecule has 1 amide bonds. The smallest absolute Gasteiger partial charge is 0.276 e. The second kappa shape index (κ2) is 5.42. The number of benzene rings is 1. The van der Waals surface area contributed by atoms with Gasteiger partial charge in [-0.2, -0.15) is 15.4 Å². The van der Waals surface area contributed by atoms with Gasteiger partial charge in [-0.15, -0.1) is 0 Å². The number of aromatic nitrogens is 3. The summed E-state index contributed by atoms with van der Waals surface area (Å²) < 4.78 is 0. The first-order valence-corrected chi connectivity index (χ1v) is 6.66. The molecule has 0 unspecified atom stereocenters. The zero-order valence-corrected chi connectivity index (χ0v) is 11.4. The third-order valence-corrected chi connectivity index (χ3v) is 3.66. The summed E-state index contributed by atoms with van der Waals surface area (Å²) in [5, 5.41) is 10.1. The van der Waals surface area contributed by atoms with Gasteiger partial charge in [-0.25, -0.2) is 0 Å². The lowest BCUT2D eigenvalue weighted by Crippen LogP contribution is -2.49. The molecule has 0 saturated carbocycles. The third-order valence-electron chi connectivity index (χ3n) is 3.66. The molecule has 0 radical (unpaired) electrons. The number of likely N-dealkylation sites (N-methyl/N-ethyl adjacent to an activating group) is 1. The molecule has 0 spiro atoms. The van der Waals surface area contributed by atoms with Crippen molar-refractivity contribution in [1.82, 2.24) is 25.2 Å². The van der Waals surface area contributed by atoms with Crippen LogP contribution in [-0.2, 0) is 0 Å². The first kappa shape index (κ1) is 12.8. The Hall–Kier alpha value is -2.21. The molecule has 1 N–H and O–H groups in total. The van der Waals surface area contributed by atoms with Crippen LogP contribution in [-0.4, -0.2) is 57.8 Å². The Bertz CT molecular complexity index is 569. The first-order valence-electron chi connectivity index (χ1n) is 6.66. The summed E-state index contributed by atoms with van der Waals surface area (Å²) in [6.07, 6.45) is 1.47. The van der Waals surface area contributed by atoms with Gasteiger partial charge >= 0.3 is 0 Å². The topological polar surface area (TPSA) is 65.1 Å². The van der Waals surface area contributed by atoms with Crippen LogP contribution in [0.15, 0.2) is 36.5 Å². The summed E-state index contributed by atoms with van der Waals surface area (Å²) in [6.45, 7) is 2.39. The van der Waals surface area contributed by atoms with E-state index in [9.17, 15) is 4.79 Å². The fourth-order valence-corrected chi connectivity index (χ4v) is 2.57. The van der Waals surface area contributed by atoms with Gasteiger partial charge in [0.2, 0.25) is 0 Å². The average molecular weight is 271 g/mol. The van der Waals surface area contributed by atoms with E-state index in [-0.39, 0.29) is 11.9 Å². The number of carbonyl (C=O) groups excluding carboxylic acids is 1. The first-order chi connectivity index (χ1) is 9.75. The Labute approximate surface area is 117 Å². The minimum atomic E-state index is -0.0688. The lowest BCUT2D eigenvalue weighted by molar-refractivity contribution is 0.0492. The van der Waals surface area contributed by atoms with E-state index < -0.39 is 0 Å². The quantitative estimate of drug-likeness (QED) is 0.882. The van der Waals surface area contributed by atoms with Crippen molar-refractivity contribution in [3.63, 3.8) is 0 Å². The fraction of sp³-hybridized carbons (Fsp3) is 0.357. The summed E-state index contributed by atoms with van der Waals surface area (Å²) in [4.78, 5) is 16.7. The number of hydrogen-bond acceptors (Lipinski definition) is 4. The summed E-state index contributed by atoms with van der Waals surface area (Å²) in [5.41, 5.74) is 1.52. The van der Waals surface area contributed by atoms with E-state index in [0.717, 1.165) is 18.7 Å². The second-order valence-electron chi connectivity index (χ2n) is 5.04. The van der Waals surface area contributed by atoms with Crippen molar-refractivity contribution < 1.29 is 4.79 Å². The number of H-pyrrole nitrogens is 1. The van der Waals surface area contributed by atoms with Gasteiger partial charge in [0.15, 0.2) is 5.69 Å². The SMILES string of the molecule is CN1CCN(C(=O)c2cn[nH]n2)[C@H](c2ccccc2)C1. The lowest BCUT2D eigenvalue weighted by atomic mass is 10.0. The standard InChI is InChI=1S/C14H17N5O/c1-18-7-8-19(14(20)12-9-15-17-16-12)13(10-18)11-5-3-2-4-6-11/h2-6,9,13H,7-8,10H2,1H3,(H,15,16,17)/t13-/m0/s1. The highest BCUT2D eigenvalue weighted by Gasteiger charge is 2.31. The number of carbonyl (C=O) groups is 1. The van der Waals surface area contributed by atoms with Crippen LogP contribution in [0.25, 0.3) is 0 Å². The highest BCUT2D eigenvalue weighted by atomic mass is 16.2. The van der Waals surface area contributed by atoms with Crippen molar-refractivity contribution in [2.45, 2.75) is 6.04 Å². The molecule has 6 nitrogen and oxygen atoms in total. The van der Waals surface area contributed by atoms with Crippen LogP contribution in [0, 0.1) is 0 Å². The third kappa shape index (κ3) is 2.42. The Morgan fingerprint density at radius 2 is 2.10 bits per heavy atom. The Morgan fingerprint density at radius 1 is 1.30 bits per heavy atom. The molecular formula is C14H17N5O. The summed E-state index contributed by atoms with van der Waals surface area (Å²) in [6, 6.07) is 10.2. The summed E-state index contributed by atoms with van der Waals surface area (Å²) >= 11 is 0. The Kier molecular flexibility index (Phi) is 3.47. The van der Waals surface area contributed by atoms with Crippen molar-refractivity contribution in [3.8, 4) is 0 Å². The van der Waals surface area contributed by atoms with Gasteiger partial charge in [0.25, 0.3) is 5.91 Å². The minimum absolute atomic E-state index is 0.0548. The molecule has 0 aliphatic carbocycles. The van der Waals surface area contributed by atoms with Crippen molar-refractivity contribution in [2.24, 2.45) is 0 Å². The molecule has 1 aliphatic heterocycles. The van der Waals surface area contributed by atoms with Crippen LogP contribution in [0.2, 0.25) is 0 Å². The van der Waals surface area contributed by atoms with E-state index in [0.29, 0.717) is 12.2 Å². The van der Waals surface area contributed by atoms with Gasteiger partial charge in [0.05, 0.1) is 12.2 Å². The van der Waals surface area contributed by atoms with Gasteiger partial charge in [0.1, 0.15) is 0 Å². The van der Waals surface area contributed by atoms with E-state index in [2.05, 4.69) is 39.5 Å². The maximum absolute atomic E-state index is 12.5. The number of piperazine rings is 1. The molecule has 1 atom stereocenters. The molecule has 3 rings (SSSR count). The maximum atomic E-state index is 12.5. The number of aromatic amines is 1. The monoisotopic (exact) mass is 271 g/mol. The molecule has 1 aromatic heterocycles. The van der Waals surface area contributed by atoms with E-state index in [4.69, 9.17) is 0 Å². The predicted octanol–water partition coefficient (Wildman–Crippen LogP) is 0.934. The van der Waals surface area contributed by atoms with Crippen LogP contribution in [0.5, 0.6) is 0 Å². The maximum Gasteiger partial charge on any atom is 0.276 e. The van der Waals surface area contributed by atoms with Crippen LogP contribution in [0.4, 0.5) is 0 Å². The molecular weight excluding hydrogens is 254 g/mol. The van der Waals surface area contributed by atoms with Crippen molar-refractivity contribution >= 4 is 5.91 Å². The van der Waals surface area contributed by atoms with E-state index in [1.165, 1.54) is 6.20 Å². The van der Waals surface area contributed by atoms with Crippen LogP contribution >= 0.6 is 0 Å². The molecule has 20 heavy (non-hydrogen) atoms. The van der Waals surface area contributed by atoms with Crippen LogP contribution < -0.4 is 0 Å². The number of nitrogens with zero attached hydrogens (tertiary/aromatic N) is 4. The van der Waals surface area contributed by atoms with Gasteiger partial charge in [0, 0.05) is 19.6 Å². The Balaban J connectivity index is 1.89. The summed E-state index contributed by atoms with van der Waals surface area (Å²) in [7, 11) is 2.08. The molecule has 0 bridgehead atoms. The van der Waals surface area contributed by atoms with Crippen LogP contribution in [0.1, 0.15) is 22.1 Å². The molecule has 2 aromatic rings. The van der Waals surface area contributed by atoms with Crippen molar-refractivity contribution in [3.05, 3.63) is 47.8 Å². The van der Waals surface area contributed by atoms with Gasteiger partial charge < -0.3 is 9.80 Å². The second-order valence-corrected chi connectivity index (χ2v) is 5.04. The number of hydrogen-bond donors (Lipinski definition) is 1. The molecule has 2 heterocycles. The summed E-state index contributed by atoms with van der Waals surface area (Å²) in [5.74, 6) is -0.0688. The number of amides is 1. The largest absolute Gasteiger partial charge is 0.328 e. The number of rotatable bonds is 2. The molecule has 6 heteroatoms. The molecule has 1 aliphatic rings. The zero-order chi connectivity index (χ0) is 13.9. The van der Waals surface area contributed by atoms with E-state index in [1.807, 2.05) is 23.1 Å². The average Bonchev–Trinajstić information content (AvgIpc) is 3.02. The van der Waals surface area contributed by atoms with E-state index >= 15 is 0 Å². The van der Waals surface area contributed by atoms with E-state index in [1.54, 1.807) is 0 Å². The molecule has 1 aromatic carbocycles. The van der Waals surface area contributed by atoms with Crippen LogP contribution in [0.3, 0.4) is 0 Å². The minimum Gasteiger partial charge on any atom is -0.328 e. The highest BCUT2D eigenvalue weighted by Crippen LogP contribution is 2.25. The number of nitrogens with one attached hydrogen (secondary N) is 1. The highest BCUT2D eigenvalue weighted by molar-refractivity contribution is 5.92. The normalized spacial score (nSPS) is 20.1. The Morgan fingerprint density at radius 3 is 2.80 bits per heavy atom. The zero-order valence-electron chi connectivity index (χ0n) is 11.4. The molecule has 1 saturated heterocycles. The van der Waals surface area contributed by atoms with Gasteiger partial charge in [-0.05, 0) is 12.6 Å².